The molecule has 0 bridgehead atoms. The highest BCUT2D eigenvalue weighted by molar-refractivity contribution is 5.66. The van der Waals surface area contributed by atoms with Gasteiger partial charge in [0.25, 0.3) is 0 Å². The van der Waals surface area contributed by atoms with E-state index >= 15 is 0 Å². The van der Waals surface area contributed by atoms with E-state index < -0.39 is 6.09 Å². The summed E-state index contributed by atoms with van der Waals surface area (Å²) in [5.74, 6) is 0. The van der Waals surface area contributed by atoms with Crippen molar-refractivity contribution in [3.05, 3.63) is 0 Å². The molecule has 84 valence electrons. The van der Waals surface area contributed by atoms with Gasteiger partial charge in [0.15, 0.2) is 0 Å². The molecule has 0 aliphatic rings. The van der Waals surface area contributed by atoms with Gasteiger partial charge in [0.1, 0.15) is 6.61 Å². The van der Waals surface area contributed by atoms with Crippen LogP contribution in [0, 0.1) is 0 Å². The molecule has 0 aliphatic carbocycles. The van der Waals surface area contributed by atoms with Crippen molar-refractivity contribution >= 4 is 6.09 Å². The highest BCUT2D eigenvalue weighted by atomic mass is 16.6. The monoisotopic (exact) mass is 203 g/mol. The Morgan fingerprint density at radius 2 is 2.00 bits per heavy atom. The summed E-state index contributed by atoms with van der Waals surface area (Å²) < 4.78 is 4.62. The summed E-state index contributed by atoms with van der Waals surface area (Å²) in [5, 5.41) is 11.0. The lowest BCUT2D eigenvalue weighted by Gasteiger charge is -2.05. The number of alkyl carbamates (subject to hydrolysis) is 1. The standard InChI is InChI=1S/C10H21NO3/c1-2-3-4-5-6-7-11-10(13)14-9-8-12/h12H,2-9H2,1H3,(H,11,13). The molecule has 14 heavy (non-hydrogen) atoms. The lowest BCUT2D eigenvalue weighted by molar-refractivity contribution is 0.119. The van der Waals surface area contributed by atoms with E-state index in [4.69, 9.17) is 5.11 Å². The van der Waals surface area contributed by atoms with Gasteiger partial charge < -0.3 is 15.2 Å². The summed E-state index contributed by atoms with van der Waals surface area (Å²) in [7, 11) is 0. The average molecular weight is 203 g/mol. The fourth-order valence-electron chi connectivity index (χ4n) is 1.11. The first-order chi connectivity index (χ1) is 6.81. The summed E-state index contributed by atoms with van der Waals surface area (Å²) in [5.41, 5.74) is 0. The molecule has 0 aromatic heterocycles. The Labute approximate surface area is 85.6 Å². The predicted molar refractivity (Wildman–Crippen MR) is 55.2 cm³/mol. The molecule has 0 heterocycles. The van der Waals surface area contributed by atoms with E-state index in [1.165, 1.54) is 19.3 Å². The molecular weight excluding hydrogens is 182 g/mol. The molecule has 2 N–H and O–H groups in total. The maximum Gasteiger partial charge on any atom is 0.407 e. The van der Waals surface area contributed by atoms with Gasteiger partial charge in [0.05, 0.1) is 6.61 Å². The third-order valence-electron chi connectivity index (χ3n) is 1.87. The Bertz CT molecular complexity index is 139. The minimum atomic E-state index is -0.436. The van der Waals surface area contributed by atoms with Crippen LogP contribution in [0.15, 0.2) is 0 Å². The van der Waals surface area contributed by atoms with E-state index in [0.717, 1.165) is 12.8 Å². The molecule has 0 aromatic carbocycles. The zero-order valence-corrected chi connectivity index (χ0v) is 8.92. The van der Waals surface area contributed by atoms with Gasteiger partial charge in [-0.25, -0.2) is 4.79 Å². The van der Waals surface area contributed by atoms with Gasteiger partial charge in [-0.15, -0.1) is 0 Å². The number of hydrogen-bond donors (Lipinski definition) is 2. The van der Waals surface area contributed by atoms with E-state index in [2.05, 4.69) is 17.0 Å². The molecule has 0 saturated carbocycles. The first kappa shape index (κ1) is 13.2. The van der Waals surface area contributed by atoms with Crippen molar-refractivity contribution in [2.75, 3.05) is 19.8 Å². The van der Waals surface area contributed by atoms with Crippen LogP contribution in [0.1, 0.15) is 39.0 Å². The van der Waals surface area contributed by atoms with Gasteiger partial charge in [0.2, 0.25) is 0 Å². The van der Waals surface area contributed by atoms with Crippen LogP contribution in [0.25, 0.3) is 0 Å². The van der Waals surface area contributed by atoms with Crippen LogP contribution in [0.2, 0.25) is 0 Å². The molecule has 0 radical (unpaired) electrons. The van der Waals surface area contributed by atoms with Crippen molar-refractivity contribution in [3.8, 4) is 0 Å². The molecule has 0 spiro atoms. The van der Waals surface area contributed by atoms with Crippen LogP contribution in [0.4, 0.5) is 4.79 Å². The molecule has 0 aliphatic heterocycles. The molecule has 1 amide bonds. The smallest absolute Gasteiger partial charge is 0.407 e. The number of ether oxygens (including phenoxy) is 1. The number of rotatable bonds is 8. The summed E-state index contributed by atoms with van der Waals surface area (Å²) in [6, 6.07) is 0. The number of hydrogen-bond acceptors (Lipinski definition) is 3. The molecular formula is C10H21NO3. The Morgan fingerprint density at radius 1 is 1.29 bits per heavy atom. The van der Waals surface area contributed by atoms with Gasteiger partial charge in [-0.2, -0.15) is 0 Å². The van der Waals surface area contributed by atoms with Gasteiger partial charge in [-0.1, -0.05) is 32.6 Å². The highest BCUT2D eigenvalue weighted by Gasteiger charge is 1.98. The van der Waals surface area contributed by atoms with E-state index in [1.807, 2.05) is 0 Å². The number of unbranched alkanes of at least 4 members (excludes halogenated alkanes) is 4. The fraction of sp³-hybridized carbons (Fsp3) is 0.900. The van der Waals surface area contributed by atoms with Crippen molar-refractivity contribution < 1.29 is 14.6 Å². The Hall–Kier alpha value is -0.770. The Kier molecular flexibility index (Phi) is 9.74. The number of carbonyl (C=O) groups is 1. The SMILES string of the molecule is CCCCCCCNC(=O)OCCO. The lowest BCUT2D eigenvalue weighted by Crippen LogP contribution is -2.26. The molecule has 0 unspecified atom stereocenters. The molecule has 4 nitrogen and oxygen atoms in total. The van der Waals surface area contributed by atoms with Gasteiger partial charge >= 0.3 is 6.09 Å². The van der Waals surface area contributed by atoms with Crippen LogP contribution in [-0.4, -0.2) is 31.0 Å². The zero-order valence-electron chi connectivity index (χ0n) is 8.92. The lowest BCUT2D eigenvalue weighted by atomic mass is 10.1. The number of nitrogens with one attached hydrogen (secondary N) is 1. The zero-order chi connectivity index (χ0) is 10.6. The average Bonchev–Trinajstić information content (AvgIpc) is 2.20. The quantitative estimate of drug-likeness (QED) is 0.590. The number of aliphatic hydroxyl groups excluding tert-OH is 1. The van der Waals surface area contributed by atoms with Crippen LogP contribution in [-0.2, 0) is 4.74 Å². The largest absolute Gasteiger partial charge is 0.447 e. The molecule has 0 saturated heterocycles. The van der Waals surface area contributed by atoms with Crippen molar-refractivity contribution in [2.45, 2.75) is 39.0 Å². The third kappa shape index (κ3) is 9.32. The normalized spacial score (nSPS) is 9.86. The van der Waals surface area contributed by atoms with E-state index in [1.54, 1.807) is 0 Å². The Balaban J connectivity index is 3.07. The maximum absolute atomic E-state index is 10.8. The van der Waals surface area contributed by atoms with Crippen LogP contribution < -0.4 is 5.32 Å². The van der Waals surface area contributed by atoms with Crippen LogP contribution in [0.3, 0.4) is 0 Å². The van der Waals surface area contributed by atoms with E-state index in [0.29, 0.717) is 6.54 Å². The summed E-state index contributed by atoms with van der Waals surface area (Å²) in [6.07, 6.45) is 5.42. The predicted octanol–water partition coefficient (Wildman–Crippen LogP) is 1.68. The second-order valence-corrected chi connectivity index (χ2v) is 3.20. The van der Waals surface area contributed by atoms with Gasteiger partial charge in [0, 0.05) is 6.54 Å². The number of carbonyl (C=O) groups excluding carboxylic acids is 1. The van der Waals surface area contributed by atoms with Crippen molar-refractivity contribution in [3.63, 3.8) is 0 Å². The minimum absolute atomic E-state index is 0.0711. The van der Waals surface area contributed by atoms with Crippen molar-refractivity contribution in [2.24, 2.45) is 0 Å². The Morgan fingerprint density at radius 3 is 2.64 bits per heavy atom. The molecule has 0 fully saturated rings. The first-order valence-electron chi connectivity index (χ1n) is 5.32. The summed E-state index contributed by atoms with van der Waals surface area (Å²) in [4.78, 5) is 10.8. The number of aliphatic hydroxyl groups is 1. The van der Waals surface area contributed by atoms with E-state index in [9.17, 15) is 4.79 Å². The summed E-state index contributed by atoms with van der Waals surface area (Å²) >= 11 is 0. The second-order valence-electron chi connectivity index (χ2n) is 3.20. The molecule has 0 atom stereocenters. The maximum atomic E-state index is 10.8. The molecule has 4 heteroatoms. The van der Waals surface area contributed by atoms with Crippen molar-refractivity contribution in [1.82, 2.24) is 5.32 Å². The van der Waals surface area contributed by atoms with Gasteiger partial charge in [-0.3, -0.25) is 0 Å². The topological polar surface area (TPSA) is 58.6 Å². The summed E-state index contributed by atoms with van der Waals surface area (Å²) in [6.45, 7) is 2.78. The highest BCUT2D eigenvalue weighted by Crippen LogP contribution is 2.00. The molecule has 0 rings (SSSR count). The molecule has 0 aromatic rings. The van der Waals surface area contributed by atoms with Crippen molar-refractivity contribution in [1.29, 1.82) is 0 Å². The van der Waals surface area contributed by atoms with Crippen LogP contribution >= 0.6 is 0 Å². The first-order valence-corrected chi connectivity index (χ1v) is 5.32. The van der Waals surface area contributed by atoms with Crippen LogP contribution in [0.5, 0.6) is 0 Å². The van der Waals surface area contributed by atoms with E-state index in [-0.39, 0.29) is 13.2 Å². The fourth-order valence-corrected chi connectivity index (χ4v) is 1.11. The second kappa shape index (κ2) is 10.3. The third-order valence-corrected chi connectivity index (χ3v) is 1.87. The van der Waals surface area contributed by atoms with Gasteiger partial charge in [-0.05, 0) is 6.42 Å². The number of amides is 1. The minimum Gasteiger partial charge on any atom is -0.447 e.